The molecular weight excluding hydrogens is 254 g/mol. The molecule has 108 valence electrons. The molecule has 1 heterocycles. The number of hydrogen-bond donors (Lipinski definition) is 1. The van der Waals surface area contributed by atoms with Gasteiger partial charge in [0.05, 0.1) is 14.2 Å². The average molecular weight is 275 g/mol. The third kappa shape index (κ3) is 3.30. The summed E-state index contributed by atoms with van der Waals surface area (Å²) in [6, 6.07) is 5.91. The first kappa shape index (κ1) is 14.4. The van der Waals surface area contributed by atoms with E-state index in [9.17, 15) is 0 Å². The highest BCUT2D eigenvalue weighted by atomic mass is 16.5. The largest absolute Gasteiger partial charge is 0.493 e. The van der Waals surface area contributed by atoms with Crippen molar-refractivity contribution in [1.82, 2.24) is 9.55 Å². The molecule has 0 aliphatic carbocycles. The van der Waals surface area contributed by atoms with E-state index in [1.807, 2.05) is 36.0 Å². The van der Waals surface area contributed by atoms with Crippen LogP contribution in [0.5, 0.6) is 11.5 Å². The molecule has 0 fully saturated rings. The molecule has 0 radical (unpaired) electrons. The predicted octanol–water partition coefficient (Wildman–Crippen LogP) is 1.55. The Kier molecular flexibility index (Phi) is 4.63. The topological polar surface area (TPSA) is 62.3 Å². The molecule has 1 unspecified atom stereocenters. The summed E-state index contributed by atoms with van der Waals surface area (Å²) in [4.78, 5) is 4.30. The van der Waals surface area contributed by atoms with Crippen molar-refractivity contribution in [3.63, 3.8) is 0 Å². The molecule has 20 heavy (non-hydrogen) atoms. The number of hydrogen-bond acceptors (Lipinski definition) is 4. The maximum absolute atomic E-state index is 6.20. The zero-order valence-electron chi connectivity index (χ0n) is 12.2. The van der Waals surface area contributed by atoms with Crippen LogP contribution in [0.4, 0.5) is 0 Å². The van der Waals surface area contributed by atoms with Crippen LogP contribution in [0.25, 0.3) is 0 Å². The van der Waals surface area contributed by atoms with Crippen molar-refractivity contribution >= 4 is 0 Å². The molecule has 0 bridgehead atoms. The molecular formula is C15H21N3O2. The van der Waals surface area contributed by atoms with Gasteiger partial charge in [-0.05, 0) is 24.1 Å². The van der Waals surface area contributed by atoms with Crippen molar-refractivity contribution in [3.05, 3.63) is 42.0 Å². The van der Waals surface area contributed by atoms with Crippen LogP contribution in [0.2, 0.25) is 0 Å². The molecule has 0 saturated carbocycles. The Morgan fingerprint density at radius 2 is 1.95 bits per heavy atom. The number of benzene rings is 1. The number of nitrogens with zero attached hydrogens (tertiary/aromatic N) is 2. The number of imidazole rings is 1. The molecule has 5 heteroatoms. The van der Waals surface area contributed by atoms with Crippen LogP contribution in [-0.4, -0.2) is 29.8 Å². The molecule has 0 aliphatic heterocycles. The van der Waals surface area contributed by atoms with E-state index >= 15 is 0 Å². The van der Waals surface area contributed by atoms with Gasteiger partial charge in [-0.1, -0.05) is 6.07 Å². The van der Waals surface area contributed by atoms with E-state index in [0.29, 0.717) is 0 Å². The first-order valence-electron chi connectivity index (χ1n) is 6.56. The van der Waals surface area contributed by atoms with Gasteiger partial charge in [-0.15, -0.1) is 0 Å². The van der Waals surface area contributed by atoms with Gasteiger partial charge in [-0.3, -0.25) is 0 Å². The highest BCUT2D eigenvalue weighted by Crippen LogP contribution is 2.28. The van der Waals surface area contributed by atoms with Crippen LogP contribution in [0, 0.1) is 0 Å². The molecule has 0 amide bonds. The van der Waals surface area contributed by atoms with Crippen LogP contribution in [0.1, 0.15) is 11.4 Å². The second kappa shape index (κ2) is 6.43. The first-order chi connectivity index (χ1) is 9.63. The molecule has 2 N–H and O–H groups in total. The molecule has 0 saturated heterocycles. The summed E-state index contributed by atoms with van der Waals surface area (Å²) in [5.74, 6) is 2.46. The van der Waals surface area contributed by atoms with Crippen LogP contribution < -0.4 is 15.2 Å². The fourth-order valence-corrected chi connectivity index (χ4v) is 2.21. The van der Waals surface area contributed by atoms with E-state index in [4.69, 9.17) is 15.2 Å². The Morgan fingerprint density at radius 1 is 1.20 bits per heavy atom. The van der Waals surface area contributed by atoms with Crippen molar-refractivity contribution < 1.29 is 9.47 Å². The highest BCUT2D eigenvalue weighted by molar-refractivity contribution is 5.43. The van der Waals surface area contributed by atoms with E-state index in [2.05, 4.69) is 4.98 Å². The van der Waals surface area contributed by atoms with Gasteiger partial charge in [0.15, 0.2) is 11.5 Å². The monoisotopic (exact) mass is 275 g/mol. The van der Waals surface area contributed by atoms with Gasteiger partial charge in [0.1, 0.15) is 5.82 Å². The Bertz CT molecular complexity index is 566. The van der Waals surface area contributed by atoms with E-state index in [1.54, 1.807) is 20.4 Å². The lowest BCUT2D eigenvalue weighted by Gasteiger charge is -2.13. The lowest BCUT2D eigenvalue weighted by molar-refractivity contribution is 0.354. The van der Waals surface area contributed by atoms with E-state index in [1.165, 1.54) is 0 Å². The zero-order valence-corrected chi connectivity index (χ0v) is 12.2. The molecule has 5 nitrogen and oxygen atoms in total. The minimum atomic E-state index is 0.0224. The second-order valence-corrected chi connectivity index (χ2v) is 4.81. The Hall–Kier alpha value is -2.01. The van der Waals surface area contributed by atoms with Gasteiger partial charge in [-0.2, -0.15) is 0 Å². The quantitative estimate of drug-likeness (QED) is 0.869. The summed E-state index contributed by atoms with van der Waals surface area (Å²) in [6.07, 6.45) is 5.24. The van der Waals surface area contributed by atoms with Crippen molar-refractivity contribution in [1.29, 1.82) is 0 Å². The Balaban J connectivity index is 2.04. The molecule has 2 rings (SSSR count). The van der Waals surface area contributed by atoms with Gasteiger partial charge in [0.2, 0.25) is 0 Å². The summed E-state index contributed by atoms with van der Waals surface area (Å²) in [5, 5.41) is 0. The summed E-state index contributed by atoms with van der Waals surface area (Å²) in [5.41, 5.74) is 7.33. The third-order valence-electron chi connectivity index (χ3n) is 3.31. The minimum Gasteiger partial charge on any atom is -0.493 e. The lowest BCUT2D eigenvalue weighted by atomic mass is 10.0. The van der Waals surface area contributed by atoms with Gasteiger partial charge in [0.25, 0.3) is 0 Å². The smallest absolute Gasteiger partial charge is 0.160 e. The summed E-state index contributed by atoms with van der Waals surface area (Å²) < 4.78 is 12.5. The summed E-state index contributed by atoms with van der Waals surface area (Å²) in [7, 11) is 5.24. The van der Waals surface area contributed by atoms with Crippen LogP contribution in [0.3, 0.4) is 0 Å². The highest BCUT2D eigenvalue weighted by Gasteiger charge is 2.11. The van der Waals surface area contributed by atoms with Gasteiger partial charge < -0.3 is 19.8 Å². The number of aromatic nitrogens is 2. The number of ether oxygens (including phenoxy) is 2. The molecule has 1 aromatic carbocycles. The van der Waals surface area contributed by atoms with E-state index in [0.717, 1.165) is 35.7 Å². The van der Waals surface area contributed by atoms with Crippen LogP contribution in [-0.2, 0) is 19.9 Å². The molecule has 2 aromatic rings. The van der Waals surface area contributed by atoms with Crippen molar-refractivity contribution in [2.45, 2.75) is 18.9 Å². The molecule has 0 spiro atoms. The molecule has 1 aromatic heterocycles. The number of methoxy groups -OCH3 is 2. The van der Waals surface area contributed by atoms with Crippen molar-refractivity contribution in [2.24, 2.45) is 12.8 Å². The molecule has 1 atom stereocenters. The predicted molar refractivity (Wildman–Crippen MR) is 78.1 cm³/mol. The first-order valence-corrected chi connectivity index (χ1v) is 6.56. The zero-order chi connectivity index (χ0) is 14.5. The van der Waals surface area contributed by atoms with Crippen molar-refractivity contribution in [3.8, 4) is 11.5 Å². The fourth-order valence-electron chi connectivity index (χ4n) is 2.21. The second-order valence-electron chi connectivity index (χ2n) is 4.81. The Morgan fingerprint density at radius 3 is 2.55 bits per heavy atom. The Labute approximate surface area is 119 Å². The van der Waals surface area contributed by atoms with Gasteiger partial charge in [-0.25, -0.2) is 4.98 Å². The maximum Gasteiger partial charge on any atom is 0.160 e. The van der Waals surface area contributed by atoms with Crippen LogP contribution in [0.15, 0.2) is 30.6 Å². The lowest BCUT2D eigenvalue weighted by Crippen LogP contribution is -2.26. The number of aryl methyl sites for hydroxylation is 1. The van der Waals surface area contributed by atoms with Crippen molar-refractivity contribution in [2.75, 3.05) is 14.2 Å². The summed E-state index contributed by atoms with van der Waals surface area (Å²) in [6.45, 7) is 0. The van der Waals surface area contributed by atoms with Gasteiger partial charge in [0, 0.05) is 31.9 Å². The number of rotatable bonds is 6. The molecule has 0 aliphatic rings. The van der Waals surface area contributed by atoms with E-state index in [-0.39, 0.29) is 6.04 Å². The standard InChI is InChI=1S/C15H21N3O2/c1-18-7-6-17-15(18)10-12(16)8-11-4-5-13(19-2)14(9-11)20-3/h4-7,9,12H,8,10,16H2,1-3H3. The normalized spacial score (nSPS) is 12.2. The number of nitrogens with two attached hydrogens (primary N) is 1. The SMILES string of the molecule is COc1ccc(CC(N)Cc2nccn2C)cc1OC. The summed E-state index contributed by atoms with van der Waals surface area (Å²) >= 11 is 0. The maximum atomic E-state index is 6.20. The average Bonchev–Trinajstić information content (AvgIpc) is 2.84. The van der Waals surface area contributed by atoms with E-state index < -0.39 is 0 Å². The minimum absolute atomic E-state index is 0.0224. The van der Waals surface area contributed by atoms with Crippen LogP contribution >= 0.6 is 0 Å². The third-order valence-corrected chi connectivity index (χ3v) is 3.31. The fraction of sp³-hybridized carbons (Fsp3) is 0.400. The van der Waals surface area contributed by atoms with Gasteiger partial charge >= 0.3 is 0 Å².